The summed E-state index contributed by atoms with van der Waals surface area (Å²) >= 11 is 7.96. The van der Waals surface area contributed by atoms with E-state index in [1.807, 2.05) is 9.80 Å². The first kappa shape index (κ1) is 30.4. The minimum Gasteiger partial charge on any atom is -0.550 e. The fourth-order valence-corrected chi connectivity index (χ4v) is 6.52. The summed E-state index contributed by atoms with van der Waals surface area (Å²) in [6, 6.07) is 2.76. The van der Waals surface area contributed by atoms with Gasteiger partial charge in [0.2, 0.25) is 0 Å². The summed E-state index contributed by atoms with van der Waals surface area (Å²) in [5.74, 6) is -1.31. The van der Waals surface area contributed by atoms with E-state index in [1.54, 1.807) is 0 Å². The van der Waals surface area contributed by atoms with E-state index in [-0.39, 0.29) is 28.5 Å². The van der Waals surface area contributed by atoms with Gasteiger partial charge in [-0.15, -0.1) is 0 Å². The van der Waals surface area contributed by atoms with E-state index in [4.69, 9.17) is 11.6 Å². The molecule has 9 nitrogen and oxygen atoms in total. The zero-order valence-electron chi connectivity index (χ0n) is 22.8. The first-order chi connectivity index (χ1) is 20.0. The van der Waals surface area contributed by atoms with Crippen molar-refractivity contribution in [2.75, 3.05) is 49.5 Å². The van der Waals surface area contributed by atoms with Crippen molar-refractivity contribution < 1.29 is 27.5 Å². The molecule has 0 aliphatic carbocycles. The highest BCUT2D eigenvalue weighted by Crippen LogP contribution is 2.39. The largest absolute Gasteiger partial charge is 0.550 e. The molecule has 0 bridgehead atoms. The van der Waals surface area contributed by atoms with E-state index in [9.17, 15) is 27.5 Å². The summed E-state index contributed by atoms with van der Waals surface area (Å²) < 4.78 is 54.8. The molecule has 1 N–H and O–H groups in total. The van der Waals surface area contributed by atoms with Gasteiger partial charge in [0.05, 0.1) is 11.3 Å². The molecule has 3 aromatic rings. The fraction of sp³-hybridized carbons (Fsp3) is 0.481. The Morgan fingerprint density at radius 2 is 1.93 bits per heavy atom. The van der Waals surface area contributed by atoms with Crippen LogP contribution in [0.1, 0.15) is 36.6 Å². The number of halogens is 5. The van der Waals surface area contributed by atoms with Crippen molar-refractivity contribution in [1.82, 2.24) is 24.8 Å². The number of hydrogen-bond acceptors (Lipinski definition) is 10. The van der Waals surface area contributed by atoms with Crippen molar-refractivity contribution in [2.45, 2.75) is 44.9 Å². The van der Waals surface area contributed by atoms with Crippen molar-refractivity contribution in [3.8, 4) is 11.3 Å². The molecule has 1 aromatic carbocycles. The number of carboxylic acids is 1. The number of rotatable bonds is 9. The number of nitrogens with zero attached hydrogens (tertiary/aromatic N) is 6. The molecule has 0 saturated carbocycles. The average molecular weight is 627 g/mol. The summed E-state index contributed by atoms with van der Waals surface area (Å²) in [6.45, 7) is 6.20. The Labute approximate surface area is 249 Å². The summed E-state index contributed by atoms with van der Waals surface area (Å²) in [7, 11) is 0. The van der Waals surface area contributed by atoms with Gasteiger partial charge < -0.3 is 20.1 Å². The lowest BCUT2D eigenvalue weighted by atomic mass is 10.1. The molecular formula is C27H29ClF4N7O2S-. The van der Waals surface area contributed by atoms with Gasteiger partial charge in [0, 0.05) is 61.7 Å². The fourth-order valence-electron chi connectivity index (χ4n) is 5.24. The number of aliphatic carboxylic acids is 1. The van der Waals surface area contributed by atoms with Crippen LogP contribution in [0.5, 0.6) is 0 Å². The van der Waals surface area contributed by atoms with E-state index >= 15 is 0 Å². The second-order valence-electron chi connectivity index (χ2n) is 10.4. The number of carbonyl (C=O) groups is 1. The summed E-state index contributed by atoms with van der Waals surface area (Å²) in [5.41, 5.74) is -0.770. The van der Waals surface area contributed by atoms with Crippen molar-refractivity contribution in [3.63, 3.8) is 0 Å². The molecule has 4 heterocycles. The monoisotopic (exact) mass is 626 g/mol. The van der Waals surface area contributed by atoms with E-state index in [2.05, 4.69) is 32.1 Å². The third-order valence-electron chi connectivity index (χ3n) is 7.53. The van der Waals surface area contributed by atoms with Crippen molar-refractivity contribution >= 4 is 45.7 Å². The van der Waals surface area contributed by atoms with Gasteiger partial charge in [0.1, 0.15) is 17.2 Å². The molecular weight excluding hydrogens is 598 g/mol. The molecule has 1 atom stereocenters. The molecule has 2 saturated heterocycles. The summed E-state index contributed by atoms with van der Waals surface area (Å²) in [4.78, 5) is 30.9. The van der Waals surface area contributed by atoms with Gasteiger partial charge in [-0.2, -0.15) is 13.2 Å². The number of alkyl halides is 3. The van der Waals surface area contributed by atoms with Crippen LogP contribution in [0.25, 0.3) is 11.3 Å². The van der Waals surface area contributed by atoms with E-state index in [0.29, 0.717) is 67.2 Å². The predicted octanol–water partition coefficient (Wildman–Crippen LogP) is 4.40. The number of carboxylic acid groups (broad SMARTS) is 1. The van der Waals surface area contributed by atoms with Crippen molar-refractivity contribution in [2.24, 2.45) is 0 Å². The van der Waals surface area contributed by atoms with Crippen LogP contribution in [0.3, 0.4) is 0 Å². The van der Waals surface area contributed by atoms with Crippen LogP contribution in [0.4, 0.5) is 34.3 Å². The van der Waals surface area contributed by atoms with Crippen LogP contribution < -0.4 is 15.3 Å². The maximum Gasteiger partial charge on any atom is 0.416 e. The number of hydrogen-bond donors (Lipinski definition) is 1. The Kier molecular flexibility index (Phi) is 9.16. The quantitative estimate of drug-likeness (QED) is 0.347. The topological polar surface area (TPSA) is 101 Å². The van der Waals surface area contributed by atoms with Crippen molar-refractivity contribution in [3.05, 3.63) is 45.8 Å². The smallest absolute Gasteiger partial charge is 0.416 e. The maximum atomic E-state index is 14.4. The normalized spacial score (nSPS) is 18.5. The minimum absolute atomic E-state index is 0.0378. The van der Waals surface area contributed by atoms with Crippen LogP contribution in [-0.2, 0) is 17.5 Å². The Bertz CT molecular complexity index is 1430. The average Bonchev–Trinajstić information content (AvgIpc) is 3.53. The molecule has 0 amide bonds. The number of aromatic nitrogens is 3. The molecule has 2 aliphatic heterocycles. The molecule has 0 radical (unpaired) electrons. The van der Waals surface area contributed by atoms with Gasteiger partial charge in [-0.3, -0.25) is 9.80 Å². The Hall–Kier alpha value is -3.07. The lowest BCUT2D eigenvalue weighted by Gasteiger charge is -2.35. The lowest BCUT2D eigenvalue weighted by molar-refractivity contribution is -0.305. The van der Waals surface area contributed by atoms with E-state index < -0.39 is 23.5 Å². The molecule has 226 valence electrons. The van der Waals surface area contributed by atoms with E-state index in [0.717, 1.165) is 31.5 Å². The molecule has 5 rings (SSSR count). The number of piperazine rings is 1. The second-order valence-corrected chi connectivity index (χ2v) is 11.9. The van der Waals surface area contributed by atoms with Gasteiger partial charge in [-0.1, -0.05) is 22.9 Å². The molecule has 15 heteroatoms. The van der Waals surface area contributed by atoms with Gasteiger partial charge in [-0.25, -0.2) is 19.3 Å². The SMILES string of the molecule is C[C@@H]1CCCN1Cc1sc(Nc2ncnc(N3CCN(CCC(=O)[O-])CC3)c2Cl)nc1-c1cc(F)cc(C(F)(F)F)c1. The number of nitrogens with one attached hydrogen (secondary N) is 1. The molecule has 42 heavy (non-hydrogen) atoms. The third kappa shape index (κ3) is 7.10. The van der Waals surface area contributed by atoms with Crippen LogP contribution in [-0.4, -0.2) is 76.0 Å². The van der Waals surface area contributed by atoms with Crippen molar-refractivity contribution in [1.29, 1.82) is 0 Å². The number of anilines is 3. The summed E-state index contributed by atoms with van der Waals surface area (Å²) in [5, 5.41) is 14.5. The van der Waals surface area contributed by atoms with Gasteiger partial charge in [0.15, 0.2) is 16.8 Å². The highest BCUT2D eigenvalue weighted by Gasteiger charge is 2.32. The molecule has 2 aliphatic rings. The maximum absolute atomic E-state index is 14.4. The number of likely N-dealkylation sites (tertiary alicyclic amines) is 1. The Balaban J connectivity index is 1.41. The first-order valence-electron chi connectivity index (χ1n) is 13.5. The number of thiazole rings is 1. The highest BCUT2D eigenvalue weighted by molar-refractivity contribution is 7.16. The lowest BCUT2D eigenvalue weighted by Crippen LogP contribution is -2.47. The van der Waals surface area contributed by atoms with Gasteiger partial charge >= 0.3 is 6.18 Å². The standard InChI is InChI=1S/C27H30ClF4N7O2S/c1-16-3-2-5-39(16)14-20-23(17-11-18(27(30,31)32)13-19(29)12-17)35-26(42-20)36-24-22(28)25(34-15-33-24)38-9-7-37(8-10-38)6-4-21(40)41/h11-13,15-16H,2-10,14H2,1H3,(H,40,41)(H,33,34,35,36)/p-1/t16-/m1/s1. The zero-order valence-corrected chi connectivity index (χ0v) is 24.3. The third-order valence-corrected chi connectivity index (χ3v) is 8.84. The van der Waals surface area contributed by atoms with Crippen LogP contribution in [0.15, 0.2) is 24.5 Å². The number of carbonyl (C=O) groups excluding carboxylic acids is 1. The zero-order chi connectivity index (χ0) is 30.0. The number of benzene rings is 1. The molecule has 0 spiro atoms. The second kappa shape index (κ2) is 12.7. The molecule has 0 unspecified atom stereocenters. The predicted molar refractivity (Wildman–Crippen MR) is 150 cm³/mol. The molecule has 2 fully saturated rings. The van der Waals surface area contributed by atoms with Crippen LogP contribution >= 0.6 is 22.9 Å². The minimum atomic E-state index is -4.71. The highest BCUT2D eigenvalue weighted by atomic mass is 35.5. The van der Waals surface area contributed by atoms with Gasteiger partial charge in [0.25, 0.3) is 0 Å². The van der Waals surface area contributed by atoms with Gasteiger partial charge in [-0.05, 0) is 50.9 Å². The van der Waals surface area contributed by atoms with E-state index in [1.165, 1.54) is 17.7 Å². The van der Waals surface area contributed by atoms with Crippen LogP contribution in [0, 0.1) is 5.82 Å². The molecule has 2 aromatic heterocycles. The van der Waals surface area contributed by atoms with Crippen LogP contribution in [0.2, 0.25) is 5.02 Å². The first-order valence-corrected chi connectivity index (χ1v) is 14.7. The summed E-state index contributed by atoms with van der Waals surface area (Å²) in [6.07, 6.45) is -1.36. The Morgan fingerprint density at radius 1 is 1.17 bits per heavy atom. The Morgan fingerprint density at radius 3 is 2.60 bits per heavy atom.